The Balaban J connectivity index is 1.28. The number of pyridine rings is 1. The van der Waals surface area contributed by atoms with Gasteiger partial charge in [0.05, 0.1) is 29.6 Å². The molecule has 1 saturated carbocycles. The van der Waals surface area contributed by atoms with Crippen LogP contribution in [0.4, 0.5) is 16.1 Å². The van der Waals surface area contributed by atoms with Gasteiger partial charge in [-0.15, -0.1) is 11.6 Å². The van der Waals surface area contributed by atoms with Crippen LogP contribution in [0.3, 0.4) is 0 Å². The number of alkyl halides is 2. The lowest BCUT2D eigenvalue weighted by Crippen LogP contribution is -2.55. The molecule has 3 aromatic rings. The van der Waals surface area contributed by atoms with E-state index in [9.17, 15) is 14.7 Å². The minimum absolute atomic E-state index is 0.189. The number of ketones is 1. The zero-order valence-corrected chi connectivity index (χ0v) is 20.9. The number of carboxylic acid groups (broad SMARTS) is 1. The van der Waals surface area contributed by atoms with Crippen molar-refractivity contribution in [3.8, 4) is 0 Å². The van der Waals surface area contributed by atoms with E-state index >= 15 is 4.39 Å². The number of ether oxygens (including phenoxy) is 1. The van der Waals surface area contributed by atoms with E-state index < -0.39 is 35.1 Å². The Hall–Kier alpha value is -3.08. The van der Waals surface area contributed by atoms with Gasteiger partial charge in [0.1, 0.15) is 10.9 Å². The molecule has 37 heavy (non-hydrogen) atoms. The average Bonchev–Trinajstić information content (AvgIpc) is 3.59. The van der Waals surface area contributed by atoms with Gasteiger partial charge in [-0.25, -0.2) is 4.90 Å². The van der Waals surface area contributed by atoms with Crippen molar-refractivity contribution in [2.45, 2.75) is 56.0 Å². The molecule has 2 unspecified atom stereocenters. The smallest absolute Gasteiger partial charge is 0.331 e. The zero-order valence-electron chi connectivity index (χ0n) is 20.1. The van der Waals surface area contributed by atoms with E-state index in [-0.39, 0.29) is 11.7 Å². The number of nitrogens with zero attached hydrogens (tertiary/aromatic N) is 3. The van der Waals surface area contributed by atoms with E-state index in [0.29, 0.717) is 55.6 Å². The second-order valence-electron chi connectivity index (χ2n) is 9.50. The SMILES string of the molecule is O=C(O)C1CCC(OC(F)(C(=O)C(Cl)c2ccc(Nc3nc4ccccc4o3)cn2)N2CCCC2)CC1. The number of carboxylic acids is 1. The van der Waals surface area contributed by atoms with Crippen molar-refractivity contribution in [1.82, 2.24) is 14.9 Å². The van der Waals surface area contributed by atoms with E-state index in [2.05, 4.69) is 15.3 Å². The summed E-state index contributed by atoms with van der Waals surface area (Å²) in [5.74, 6) is -4.96. The summed E-state index contributed by atoms with van der Waals surface area (Å²) in [6.45, 7) is 0.744. The average molecular weight is 531 g/mol. The summed E-state index contributed by atoms with van der Waals surface area (Å²) >= 11 is 6.48. The van der Waals surface area contributed by atoms with Gasteiger partial charge >= 0.3 is 11.9 Å². The van der Waals surface area contributed by atoms with Crippen LogP contribution < -0.4 is 5.32 Å². The second kappa shape index (κ2) is 10.7. The lowest BCUT2D eigenvalue weighted by atomic mass is 9.87. The van der Waals surface area contributed by atoms with Gasteiger partial charge in [-0.05, 0) is 62.8 Å². The molecule has 2 N–H and O–H groups in total. The molecule has 1 aromatic carbocycles. The van der Waals surface area contributed by atoms with E-state index in [4.69, 9.17) is 20.8 Å². The van der Waals surface area contributed by atoms with Crippen LogP contribution in [0.25, 0.3) is 11.1 Å². The molecule has 1 aliphatic heterocycles. The highest BCUT2D eigenvalue weighted by Gasteiger charge is 2.51. The minimum atomic E-state index is -2.71. The van der Waals surface area contributed by atoms with Crippen molar-refractivity contribution in [2.24, 2.45) is 5.92 Å². The molecule has 2 fully saturated rings. The van der Waals surface area contributed by atoms with Crippen molar-refractivity contribution in [2.75, 3.05) is 18.4 Å². The summed E-state index contributed by atoms with van der Waals surface area (Å²) in [4.78, 5) is 34.7. The number of para-hydroxylation sites is 2. The number of aliphatic carboxylic acids is 1. The minimum Gasteiger partial charge on any atom is -0.481 e. The number of fused-ring (bicyclic) bond motifs is 1. The van der Waals surface area contributed by atoms with Crippen LogP contribution in [0.15, 0.2) is 47.0 Å². The van der Waals surface area contributed by atoms with Crippen molar-refractivity contribution in [3.05, 3.63) is 48.3 Å². The fourth-order valence-electron chi connectivity index (χ4n) is 4.91. The van der Waals surface area contributed by atoms with Gasteiger partial charge < -0.3 is 19.6 Å². The summed E-state index contributed by atoms with van der Waals surface area (Å²) < 4.78 is 27.9. The van der Waals surface area contributed by atoms with Crippen molar-refractivity contribution in [1.29, 1.82) is 0 Å². The molecule has 2 aliphatic rings. The molecule has 11 heteroatoms. The molecule has 9 nitrogen and oxygen atoms in total. The quantitative estimate of drug-likeness (QED) is 0.284. The highest BCUT2D eigenvalue weighted by atomic mass is 35.5. The molecule has 196 valence electrons. The Kier molecular flexibility index (Phi) is 7.41. The first kappa shape index (κ1) is 25.6. The number of oxazole rings is 1. The van der Waals surface area contributed by atoms with Crippen LogP contribution in [0.1, 0.15) is 49.6 Å². The molecule has 2 aromatic heterocycles. The van der Waals surface area contributed by atoms with Gasteiger partial charge in [0.2, 0.25) is 5.78 Å². The summed E-state index contributed by atoms with van der Waals surface area (Å²) in [7, 11) is 0. The summed E-state index contributed by atoms with van der Waals surface area (Å²) in [6.07, 6.45) is 3.89. The number of Topliss-reactive ketones (excluding diaryl/α,β-unsaturated/α-hetero) is 1. The van der Waals surface area contributed by atoms with Gasteiger partial charge in [0.15, 0.2) is 5.58 Å². The third-order valence-corrected chi connectivity index (χ3v) is 7.41. The number of hydrogen-bond acceptors (Lipinski definition) is 8. The second-order valence-corrected chi connectivity index (χ2v) is 9.93. The number of benzene rings is 1. The predicted molar refractivity (Wildman–Crippen MR) is 134 cm³/mol. The largest absolute Gasteiger partial charge is 0.481 e. The molecule has 1 aliphatic carbocycles. The fraction of sp³-hybridized carbons (Fsp3) is 0.462. The van der Waals surface area contributed by atoms with Gasteiger partial charge in [-0.3, -0.25) is 14.6 Å². The molecule has 5 rings (SSSR count). The maximum Gasteiger partial charge on any atom is 0.331 e. The molecule has 0 spiro atoms. The molecule has 2 atom stereocenters. The van der Waals surface area contributed by atoms with Crippen molar-refractivity contribution >= 4 is 46.2 Å². The topological polar surface area (TPSA) is 118 Å². The van der Waals surface area contributed by atoms with Crippen molar-refractivity contribution in [3.63, 3.8) is 0 Å². The lowest BCUT2D eigenvalue weighted by molar-refractivity contribution is -0.252. The number of rotatable bonds is 9. The normalized spacial score (nSPS) is 23.0. The predicted octanol–water partition coefficient (Wildman–Crippen LogP) is 5.19. The van der Waals surface area contributed by atoms with Crippen LogP contribution in [0.2, 0.25) is 0 Å². The van der Waals surface area contributed by atoms with Crippen LogP contribution in [-0.2, 0) is 14.3 Å². The Labute approximate surface area is 218 Å². The highest BCUT2D eigenvalue weighted by Crippen LogP contribution is 2.38. The fourth-order valence-corrected chi connectivity index (χ4v) is 5.17. The van der Waals surface area contributed by atoms with Crippen LogP contribution in [-0.4, -0.2) is 56.9 Å². The van der Waals surface area contributed by atoms with Gasteiger partial charge in [0, 0.05) is 13.1 Å². The van der Waals surface area contributed by atoms with Gasteiger partial charge in [0.25, 0.3) is 6.01 Å². The van der Waals surface area contributed by atoms with Crippen LogP contribution >= 0.6 is 11.6 Å². The van der Waals surface area contributed by atoms with E-state index in [1.165, 1.54) is 11.1 Å². The third-order valence-electron chi connectivity index (χ3n) is 6.98. The van der Waals surface area contributed by atoms with Crippen molar-refractivity contribution < 1.29 is 28.2 Å². The van der Waals surface area contributed by atoms with Gasteiger partial charge in [-0.1, -0.05) is 12.1 Å². The Morgan fingerprint density at radius 2 is 1.89 bits per heavy atom. The number of halogens is 2. The third kappa shape index (κ3) is 5.46. The number of hydrogen-bond donors (Lipinski definition) is 2. The monoisotopic (exact) mass is 530 g/mol. The lowest BCUT2D eigenvalue weighted by Gasteiger charge is -2.38. The number of carbonyl (C=O) groups excluding carboxylic acids is 1. The highest BCUT2D eigenvalue weighted by molar-refractivity contribution is 6.31. The molecule has 1 saturated heterocycles. The van der Waals surface area contributed by atoms with Crippen LogP contribution in [0, 0.1) is 5.92 Å². The maximum atomic E-state index is 16.4. The number of nitrogens with one attached hydrogen (secondary N) is 1. The number of likely N-dealkylation sites (tertiary alicyclic amines) is 1. The molecular formula is C26H28ClFN4O5. The van der Waals surface area contributed by atoms with E-state index in [1.807, 2.05) is 24.3 Å². The number of carbonyl (C=O) groups is 2. The maximum absolute atomic E-state index is 16.4. The number of aromatic nitrogens is 2. The van der Waals surface area contributed by atoms with Gasteiger partial charge in [-0.2, -0.15) is 9.37 Å². The molecule has 3 heterocycles. The van der Waals surface area contributed by atoms with E-state index in [0.717, 1.165) is 12.8 Å². The van der Waals surface area contributed by atoms with Crippen LogP contribution in [0.5, 0.6) is 0 Å². The molecule has 0 bridgehead atoms. The standard InChI is InChI=1S/C26H28ClFN4O5/c27-22(20-12-9-17(15-29-20)30-25-31-19-5-1-2-6-21(19)36-25)23(33)26(28,32-13-3-4-14-32)37-18-10-7-16(8-11-18)24(34)35/h1-2,5-6,9,12,15-16,18,22H,3-4,7-8,10-11,13-14H2,(H,30,31)(H,34,35). The van der Waals surface area contributed by atoms with E-state index in [1.54, 1.807) is 12.1 Å². The summed E-state index contributed by atoms with van der Waals surface area (Å²) in [5, 5.41) is 10.9. The first-order valence-electron chi connectivity index (χ1n) is 12.4. The summed E-state index contributed by atoms with van der Waals surface area (Å²) in [6, 6.07) is 10.8. The molecule has 0 radical (unpaired) electrons. The Morgan fingerprint density at radius 3 is 2.54 bits per heavy atom. The first-order chi connectivity index (χ1) is 17.8. The summed E-state index contributed by atoms with van der Waals surface area (Å²) in [5.41, 5.74) is 2.09. The molecular weight excluding hydrogens is 503 g/mol. The molecule has 0 amide bonds. The first-order valence-corrected chi connectivity index (χ1v) is 12.9. The Bertz CT molecular complexity index is 1220. The number of anilines is 2. The Morgan fingerprint density at radius 1 is 1.16 bits per heavy atom. The zero-order chi connectivity index (χ0) is 26.0.